The average Bonchev–Trinajstić information content (AvgIpc) is 2.36. The number of halogens is 1. The van der Waals surface area contributed by atoms with Crippen molar-refractivity contribution in [1.29, 1.82) is 0 Å². The molecule has 1 fully saturated rings. The smallest absolute Gasteiger partial charge is 0.227 e. The summed E-state index contributed by atoms with van der Waals surface area (Å²) in [6, 6.07) is 4.78. The van der Waals surface area contributed by atoms with Gasteiger partial charge in [0.2, 0.25) is 5.91 Å². The molecule has 1 aliphatic rings. The van der Waals surface area contributed by atoms with Gasteiger partial charge in [-0.1, -0.05) is 6.07 Å². The Labute approximate surface area is 118 Å². The first-order chi connectivity index (χ1) is 9.65. The molecule has 1 aliphatic carbocycles. The lowest BCUT2D eigenvalue weighted by atomic mass is 9.91. The number of benzene rings is 1. The third-order valence-electron chi connectivity index (χ3n) is 3.75. The Bertz CT molecular complexity index is 474. The van der Waals surface area contributed by atoms with E-state index in [-0.39, 0.29) is 30.7 Å². The Morgan fingerprint density at radius 3 is 2.75 bits per heavy atom. The number of hydrogen-bond acceptors (Lipinski definition) is 3. The maximum Gasteiger partial charge on any atom is 0.227 e. The molecular weight excluding hydrogens is 261 g/mol. The van der Waals surface area contributed by atoms with Crippen LogP contribution in [0.25, 0.3) is 0 Å². The Morgan fingerprint density at radius 1 is 1.50 bits per heavy atom. The van der Waals surface area contributed by atoms with Gasteiger partial charge in [-0.2, -0.15) is 0 Å². The second kappa shape index (κ2) is 6.70. The summed E-state index contributed by atoms with van der Waals surface area (Å²) in [7, 11) is 1.41. The lowest BCUT2D eigenvalue weighted by molar-refractivity contribution is -0.135. The first-order valence-electron chi connectivity index (χ1n) is 6.88. The molecule has 20 heavy (non-hydrogen) atoms. The van der Waals surface area contributed by atoms with Gasteiger partial charge in [-0.15, -0.1) is 0 Å². The first kappa shape index (κ1) is 14.8. The lowest BCUT2D eigenvalue weighted by Gasteiger charge is -2.37. The number of hydrogen-bond donors (Lipinski definition) is 1. The van der Waals surface area contributed by atoms with Gasteiger partial charge in [0.15, 0.2) is 11.6 Å². The topological polar surface area (TPSA) is 49.8 Å². The van der Waals surface area contributed by atoms with Crippen LogP contribution in [0.15, 0.2) is 18.2 Å². The summed E-state index contributed by atoms with van der Waals surface area (Å²) in [4.78, 5) is 14.0. The van der Waals surface area contributed by atoms with Crippen LogP contribution in [-0.2, 0) is 11.2 Å². The van der Waals surface area contributed by atoms with Crippen molar-refractivity contribution in [3.05, 3.63) is 29.6 Å². The Kier molecular flexibility index (Phi) is 4.95. The van der Waals surface area contributed by atoms with E-state index in [1.807, 2.05) is 0 Å². The van der Waals surface area contributed by atoms with Crippen molar-refractivity contribution < 1.29 is 19.0 Å². The zero-order valence-electron chi connectivity index (χ0n) is 11.6. The van der Waals surface area contributed by atoms with Crippen molar-refractivity contribution in [3.63, 3.8) is 0 Å². The maximum atomic E-state index is 13.6. The van der Waals surface area contributed by atoms with Crippen molar-refractivity contribution in [1.82, 2.24) is 4.90 Å². The molecular formula is C15H20FNO3. The minimum Gasteiger partial charge on any atom is -0.494 e. The molecule has 1 aromatic rings. The van der Waals surface area contributed by atoms with Gasteiger partial charge in [-0.25, -0.2) is 4.39 Å². The quantitative estimate of drug-likeness (QED) is 0.864. The third-order valence-corrected chi connectivity index (χ3v) is 3.75. The predicted molar refractivity (Wildman–Crippen MR) is 73.1 cm³/mol. The second-order valence-corrected chi connectivity index (χ2v) is 5.04. The van der Waals surface area contributed by atoms with Crippen LogP contribution < -0.4 is 4.74 Å². The number of aliphatic hydroxyl groups excluding tert-OH is 1. The highest BCUT2D eigenvalue weighted by molar-refractivity contribution is 5.79. The van der Waals surface area contributed by atoms with E-state index in [1.165, 1.54) is 19.2 Å². The highest BCUT2D eigenvalue weighted by atomic mass is 19.1. The number of rotatable bonds is 6. The highest BCUT2D eigenvalue weighted by Gasteiger charge is 2.28. The minimum atomic E-state index is -0.463. The zero-order chi connectivity index (χ0) is 14.5. The molecule has 5 heteroatoms. The fraction of sp³-hybridized carbons (Fsp3) is 0.533. The van der Waals surface area contributed by atoms with E-state index in [1.54, 1.807) is 11.0 Å². The number of methoxy groups -OCH3 is 1. The van der Waals surface area contributed by atoms with E-state index in [9.17, 15) is 9.18 Å². The highest BCUT2D eigenvalue weighted by Crippen LogP contribution is 2.25. The monoisotopic (exact) mass is 281 g/mol. The number of amides is 1. The molecule has 110 valence electrons. The molecule has 0 aromatic heterocycles. The van der Waals surface area contributed by atoms with Crippen LogP contribution in [0.4, 0.5) is 4.39 Å². The molecule has 0 bridgehead atoms. The molecule has 0 spiro atoms. The molecule has 4 nitrogen and oxygen atoms in total. The summed E-state index contributed by atoms with van der Waals surface area (Å²) < 4.78 is 18.4. The lowest BCUT2D eigenvalue weighted by Crippen LogP contribution is -2.46. The van der Waals surface area contributed by atoms with Gasteiger partial charge >= 0.3 is 0 Å². The van der Waals surface area contributed by atoms with Crippen molar-refractivity contribution in [2.24, 2.45) is 0 Å². The maximum absolute atomic E-state index is 13.6. The molecule has 0 heterocycles. The molecule has 0 atom stereocenters. The molecule has 1 amide bonds. The molecule has 0 saturated heterocycles. The van der Waals surface area contributed by atoms with Gasteiger partial charge in [0, 0.05) is 12.6 Å². The Balaban J connectivity index is 2.03. The van der Waals surface area contributed by atoms with Crippen LogP contribution in [0.1, 0.15) is 24.8 Å². The van der Waals surface area contributed by atoms with Crippen LogP contribution >= 0.6 is 0 Å². The summed E-state index contributed by atoms with van der Waals surface area (Å²) in [5, 5.41) is 9.06. The molecule has 2 rings (SSSR count). The molecule has 1 aromatic carbocycles. The van der Waals surface area contributed by atoms with Crippen LogP contribution in [-0.4, -0.2) is 42.2 Å². The van der Waals surface area contributed by atoms with E-state index in [0.29, 0.717) is 12.1 Å². The summed E-state index contributed by atoms with van der Waals surface area (Å²) >= 11 is 0. The third kappa shape index (κ3) is 3.28. The summed E-state index contributed by atoms with van der Waals surface area (Å²) in [5.74, 6) is -0.351. The largest absolute Gasteiger partial charge is 0.494 e. The van der Waals surface area contributed by atoms with E-state index in [2.05, 4.69) is 0 Å². The Hall–Kier alpha value is -1.62. The summed E-state index contributed by atoms with van der Waals surface area (Å²) in [6.45, 7) is 0.307. The van der Waals surface area contributed by atoms with E-state index in [0.717, 1.165) is 19.3 Å². The van der Waals surface area contributed by atoms with Crippen LogP contribution in [0, 0.1) is 5.82 Å². The fourth-order valence-corrected chi connectivity index (χ4v) is 2.41. The van der Waals surface area contributed by atoms with Crippen LogP contribution in [0.3, 0.4) is 0 Å². The number of ether oxygens (including phenoxy) is 1. The predicted octanol–water partition coefficient (Wildman–Crippen LogP) is 1.75. The molecule has 0 aliphatic heterocycles. The van der Waals surface area contributed by atoms with E-state index >= 15 is 0 Å². The number of carbonyl (C=O) groups excluding carboxylic acids is 1. The summed E-state index contributed by atoms with van der Waals surface area (Å²) in [5.41, 5.74) is 0.621. The zero-order valence-corrected chi connectivity index (χ0v) is 11.6. The Morgan fingerprint density at radius 2 is 2.25 bits per heavy atom. The SMILES string of the molecule is COc1ccc(CC(=O)N(CCO)C2CCC2)cc1F. The van der Waals surface area contributed by atoms with Gasteiger partial charge in [0.1, 0.15) is 0 Å². The van der Waals surface area contributed by atoms with Crippen molar-refractivity contribution in [2.45, 2.75) is 31.7 Å². The average molecular weight is 281 g/mol. The summed E-state index contributed by atoms with van der Waals surface area (Å²) in [6.07, 6.45) is 3.25. The van der Waals surface area contributed by atoms with E-state index in [4.69, 9.17) is 9.84 Å². The second-order valence-electron chi connectivity index (χ2n) is 5.04. The van der Waals surface area contributed by atoms with Crippen molar-refractivity contribution in [2.75, 3.05) is 20.3 Å². The number of aliphatic hydroxyl groups is 1. The van der Waals surface area contributed by atoms with Crippen molar-refractivity contribution >= 4 is 5.91 Å². The van der Waals surface area contributed by atoms with Gasteiger partial charge < -0.3 is 14.7 Å². The number of carbonyl (C=O) groups is 1. The van der Waals surface area contributed by atoms with Gasteiger partial charge in [-0.3, -0.25) is 4.79 Å². The number of nitrogens with zero attached hydrogens (tertiary/aromatic N) is 1. The molecule has 0 unspecified atom stereocenters. The minimum absolute atomic E-state index is 0.0424. The van der Waals surface area contributed by atoms with Crippen LogP contribution in [0.5, 0.6) is 5.75 Å². The van der Waals surface area contributed by atoms with Gasteiger partial charge in [0.05, 0.1) is 20.1 Å². The van der Waals surface area contributed by atoms with E-state index < -0.39 is 5.82 Å². The molecule has 1 N–H and O–H groups in total. The molecule has 1 saturated carbocycles. The molecule has 0 radical (unpaired) electrons. The van der Waals surface area contributed by atoms with Crippen molar-refractivity contribution in [3.8, 4) is 5.75 Å². The van der Waals surface area contributed by atoms with Crippen LogP contribution in [0.2, 0.25) is 0 Å². The first-order valence-corrected chi connectivity index (χ1v) is 6.88. The normalized spacial score (nSPS) is 14.8. The fourth-order valence-electron chi connectivity index (χ4n) is 2.41. The van der Waals surface area contributed by atoms with Gasteiger partial charge in [0.25, 0.3) is 0 Å². The van der Waals surface area contributed by atoms with Gasteiger partial charge in [-0.05, 0) is 37.0 Å². The standard InChI is InChI=1S/C15H20FNO3/c1-20-14-6-5-11(9-13(14)16)10-15(19)17(7-8-18)12-3-2-4-12/h5-6,9,12,18H,2-4,7-8,10H2,1H3.